The van der Waals surface area contributed by atoms with Gasteiger partial charge in [-0.05, 0) is 19.4 Å². The number of hydrogen-bond acceptors (Lipinski definition) is 3. The van der Waals surface area contributed by atoms with Crippen molar-refractivity contribution in [1.82, 2.24) is 4.90 Å². The van der Waals surface area contributed by atoms with E-state index in [1.54, 1.807) is 0 Å². The molecule has 1 atom stereocenters. The molecule has 0 aromatic rings. The molecule has 1 saturated carbocycles. The molecule has 1 amide bonds. The molecule has 1 aliphatic rings. The van der Waals surface area contributed by atoms with E-state index in [9.17, 15) is 4.79 Å². The van der Waals surface area contributed by atoms with E-state index in [2.05, 4.69) is 11.8 Å². The van der Waals surface area contributed by atoms with Crippen LogP contribution in [0.3, 0.4) is 0 Å². The third-order valence-corrected chi connectivity index (χ3v) is 4.20. The Hall–Kier alpha value is -0.610. The van der Waals surface area contributed by atoms with Gasteiger partial charge in [-0.1, -0.05) is 33.1 Å². The number of carbonyl (C=O) groups is 1. The first-order valence-electron chi connectivity index (χ1n) is 6.80. The fraction of sp³-hybridized carbons (Fsp3) is 0.923. The number of nitrogens with zero attached hydrogens (tertiary/aromatic N) is 1. The second-order valence-electron chi connectivity index (χ2n) is 5.33. The maximum Gasteiger partial charge on any atom is 0.221 e. The van der Waals surface area contributed by atoms with Gasteiger partial charge in [0, 0.05) is 24.5 Å². The van der Waals surface area contributed by atoms with Crippen molar-refractivity contribution >= 4 is 5.91 Å². The summed E-state index contributed by atoms with van der Waals surface area (Å²) < 4.78 is 0. The summed E-state index contributed by atoms with van der Waals surface area (Å²) in [5, 5.41) is 0. The zero-order valence-corrected chi connectivity index (χ0v) is 11.2. The lowest BCUT2D eigenvalue weighted by Gasteiger charge is -2.46. The van der Waals surface area contributed by atoms with E-state index in [-0.39, 0.29) is 17.4 Å². The average Bonchev–Trinajstić information content (AvgIpc) is 2.36. The average molecular weight is 241 g/mol. The van der Waals surface area contributed by atoms with Gasteiger partial charge in [-0.2, -0.15) is 0 Å². The molecule has 100 valence electrons. The minimum Gasteiger partial charge on any atom is -0.369 e. The van der Waals surface area contributed by atoms with Crippen molar-refractivity contribution in [3.63, 3.8) is 0 Å². The number of rotatable bonds is 6. The second-order valence-corrected chi connectivity index (χ2v) is 5.33. The van der Waals surface area contributed by atoms with Crippen molar-refractivity contribution in [3.05, 3.63) is 0 Å². The van der Waals surface area contributed by atoms with Crippen LogP contribution in [0, 0.1) is 5.92 Å². The van der Waals surface area contributed by atoms with E-state index in [0.717, 1.165) is 25.9 Å². The summed E-state index contributed by atoms with van der Waals surface area (Å²) in [6.45, 7) is 6.40. The Morgan fingerprint density at radius 3 is 2.35 bits per heavy atom. The molecule has 1 rings (SSSR count). The highest BCUT2D eigenvalue weighted by Crippen LogP contribution is 2.33. The van der Waals surface area contributed by atoms with Crippen molar-refractivity contribution < 1.29 is 4.79 Å². The van der Waals surface area contributed by atoms with E-state index in [1.165, 1.54) is 19.3 Å². The first-order chi connectivity index (χ1) is 8.05. The highest BCUT2D eigenvalue weighted by atomic mass is 16.1. The lowest BCUT2D eigenvalue weighted by Crippen LogP contribution is -2.56. The molecule has 17 heavy (non-hydrogen) atoms. The highest BCUT2D eigenvalue weighted by molar-refractivity contribution is 5.76. The van der Waals surface area contributed by atoms with Crippen LogP contribution in [0.1, 0.15) is 46.0 Å². The van der Waals surface area contributed by atoms with Gasteiger partial charge in [0.2, 0.25) is 5.91 Å². The van der Waals surface area contributed by atoms with E-state index >= 15 is 0 Å². The van der Waals surface area contributed by atoms with Crippen LogP contribution in [0.15, 0.2) is 0 Å². The van der Waals surface area contributed by atoms with Crippen LogP contribution in [0.5, 0.6) is 0 Å². The minimum absolute atomic E-state index is 0.0969. The summed E-state index contributed by atoms with van der Waals surface area (Å²) in [5.41, 5.74) is 11.5. The van der Waals surface area contributed by atoms with Gasteiger partial charge >= 0.3 is 0 Å². The number of nitrogens with two attached hydrogens (primary N) is 2. The topological polar surface area (TPSA) is 72.3 Å². The molecule has 1 aliphatic carbocycles. The van der Waals surface area contributed by atoms with Crippen LogP contribution in [-0.4, -0.2) is 36.0 Å². The lowest BCUT2D eigenvalue weighted by molar-refractivity contribution is -0.122. The predicted molar refractivity (Wildman–Crippen MR) is 70.5 cm³/mol. The van der Waals surface area contributed by atoms with Crippen LogP contribution in [0.2, 0.25) is 0 Å². The summed E-state index contributed by atoms with van der Waals surface area (Å²) in [5.74, 6) is -0.313. The monoisotopic (exact) mass is 241 g/mol. The summed E-state index contributed by atoms with van der Waals surface area (Å²) in [4.78, 5) is 13.6. The van der Waals surface area contributed by atoms with Crippen LogP contribution in [0.4, 0.5) is 0 Å². The molecule has 4 nitrogen and oxygen atoms in total. The Morgan fingerprint density at radius 1 is 1.35 bits per heavy atom. The van der Waals surface area contributed by atoms with Gasteiger partial charge in [0.15, 0.2) is 0 Å². The van der Waals surface area contributed by atoms with Gasteiger partial charge in [-0.25, -0.2) is 0 Å². The molecule has 0 saturated heterocycles. The zero-order valence-electron chi connectivity index (χ0n) is 11.2. The van der Waals surface area contributed by atoms with Crippen molar-refractivity contribution in [2.24, 2.45) is 17.4 Å². The van der Waals surface area contributed by atoms with Crippen molar-refractivity contribution in [2.45, 2.75) is 51.5 Å². The minimum atomic E-state index is -0.216. The van der Waals surface area contributed by atoms with E-state index in [4.69, 9.17) is 11.5 Å². The maximum atomic E-state index is 11.2. The van der Waals surface area contributed by atoms with E-state index < -0.39 is 0 Å². The van der Waals surface area contributed by atoms with Gasteiger partial charge in [-0.15, -0.1) is 0 Å². The van der Waals surface area contributed by atoms with Crippen LogP contribution in [0.25, 0.3) is 0 Å². The molecule has 0 aromatic heterocycles. The number of carbonyl (C=O) groups excluding carboxylic acids is 1. The largest absolute Gasteiger partial charge is 0.369 e. The Labute approximate surface area is 105 Å². The predicted octanol–water partition coefficient (Wildman–Crippen LogP) is 1.09. The van der Waals surface area contributed by atoms with E-state index in [1.807, 2.05) is 6.92 Å². The first-order valence-corrected chi connectivity index (χ1v) is 6.80. The second kappa shape index (κ2) is 6.36. The van der Waals surface area contributed by atoms with Gasteiger partial charge in [0.1, 0.15) is 0 Å². The molecule has 4 N–H and O–H groups in total. The van der Waals surface area contributed by atoms with Gasteiger partial charge in [-0.3, -0.25) is 9.69 Å². The number of amides is 1. The molecule has 1 fully saturated rings. The Morgan fingerprint density at radius 2 is 1.94 bits per heavy atom. The highest BCUT2D eigenvalue weighted by Gasteiger charge is 2.36. The summed E-state index contributed by atoms with van der Waals surface area (Å²) >= 11 is 0. The van der Waals surface area contributed by atoms with Crippen molar-refractivity contribution in [3.8, 4) is 0 Å². The fourth-order valence-corrected chi connectivity index (χ4v) is 2.94. The number of likely N-dealkylation sites (N-methyl/N-ethyl adjacent to an activating group) is 1. The third kappa shape index (κ3) is 3.42. The molecule has 0 spiro atoms. The Kier molecular flexibility index (Phi) is 5.40. The van der Waals surface area contributed by atoms with Crippen LogP contribution >= 0.6 is 0 Å². The van der Waals surface area contributed by atoms with Crippen molar-refractivity contribution in [2.75, 3.05) is 19.6 Å². The molecule has 4 heteroatoms. The molecule has 0 radical (unpaired) electrons. The van der Waals surface area contributed by atoms with Crippen molar-refractivity contribution in [1.29, 1.82) is 0 Å². The molecular formula is C13H27N3O. The maximum absolute atomic E-state index is 11.2. The van der Waals surface area contributed by atoms with Crippen LogP contribution < -0.4 is 11.5 Å². The molecule has 0 aromatic carbocycles. The number of primary amides is 1. The molecule has 0 heterocycles. The van der Waals surface area contributed by atoms with Gasteiger partial charge < -0.3 is 11.5 Å². The molecule has 0 bridgehead atoms. The van der Waals surface area contributed by atoms with Gasteiger partial charge in [0.05, 0.1) is 0 Å². The molecule has 1 unspecified atom stereocenters. The SMILES string of the molecule is CCN(CC(C)C(N)=O)C1(CN)CCCCC1. The van der Waals surface area contributed by atoms with Gasteiger partial charge in [0.25, 0.3) is 0 Å². The fourth-order valence-electron chi connectivity index (χ4n) is 2.94. The number of hydrogen-bond donors (Lipinski definition) is 2. The summed E-state index contributed by atoms with van der Waals surface area (Å²) in [6.07, 6.45) is 6.12. The van der Waals surface area contributed by atoms with Crippen LogP contribution in [-0.2, 0) is 4.79 Å². The van der Waals surface area contributed by atoms with E-state index in [0.29, 0.717) is 6.54 Å². The summed E-state index contributed by atoms with van der Waals surface area (Å²) in [6, 6.07) is 0. The summed E-state index contributed by atoms with van der Waals surface area (Å²) in [7, 11) is 0. The zero-order chi connectivity index (χ0) is 12.9. The smallest absolute Gasteiger partial charge is 0.221 e. The molecule has 0 aliphatic heterocycles. The lowest BCUT2D eigenvalue weighted by atomic mass is 9.79. The quantitative estimate of drug-likeness (QED) is 0.731. The molecular weight excluding hydrogens is 214 g/mol. The normalized spacial score (nSPS) is 21.4. The Bertz CT molecular complexity index is 249. The Balaban J connectivity index is 2.71. The third-order valence-electron chi connectivity index (χ3n) is 4.20. The standard InChI is InChI=1S/C13H27N3O/c1-3-16(9-11(2)12(15)17)13(10-14)7-5-4-6-8-13/h11H,3-10,14H2,1-2H3,(H2,15,17). The first kappa shape index (κ1) is 14.5.